The van der Waals surface area contributed by atoms with Gasteiger partial charge in [-0.3, -0.25) is 0 Å². The molecule has 4 rings (SSSR count). The lowest BCUT2D eigenvalue weighted by molar-refractivity contribution is -0.929. The number of quaternary nitrogens is 1. The van der Waals surface area contributed by atoms with Gasteiger partial charge in [0.15, 0.2) is 11.9 Å². The van der Waals surface area contributed by atoms with Crippen LogP contribution in [-0.4, -0.2) is 32.8 Å². The summed E-state index contributed by atoms with van der Waals surface area (Å²) < 4.78 is 1.62. The molecule has 0 radical (unpaired) electrons. The molecule has 26 heavy (non-hydrogen) atoms. The summed E-state index contributed by atoms with van der Waals surface area (Å²) in [4.78, 5) is 7.88. The average molecular weight is 372 g/mol. The van der Waals surface area contributed by atoms with Crippen molar-refractivity contribution in [3.8, 4) is 5.88 Å². The fourth-order valence-corrected chi connectivity index (χ4v) is 5.10. The number of hydrogen-bond donors (Lipinski definition) is 2. The fourth-order valence-electron chi connectivity index (χ4n) is 3.94. The minimum Gasteiger partial charge on any atom is -0.492 e. The number of aromatic hydroxyl groups is 1. The van der Waals surface area contributed by atoms with E-state index >= 15 is 0 Å². The zero-order valence-corrected chi connectivity index (χ0v) is 16.4. The number of aryl methyl sites for hydroxylation is 2. The maximum atomic E-state index is 10.9. The number of aromatic nitrogens is 3. The first-order valence-corrected chi connectivity index (χ1v) is 10.5. The van der Waals surface area contributed by atoms with E-state index < -0.39 is 0 Å². The number of thiazole rings is 1. The highest BCUT2D eigenvalue weighted by Crippen LogP contribution is 2.35. The number of rotatable bonds is 5. The molecule has 0 spiro atoms. The molecule has 3 heterocycles. The van der Waals surface area contributed by atoms with Gasteiger partial charge in [0.2, 0.25) is 10.8 Å². The molecule has 0 unspecified atom stereocenters. The third kappa shape index (κ3) is 3.12. The summed E-state index contributed by atoms with van der Waals surface area (Å²) in [6, 6.07) is 9.06. The van der Waals surface area contributed by atoms with E-state index in [0.717, 1.165) is 41.6 Å². The Hall–Kier alpha value is -1.92. The van der Waals surface area contributed by atoms with Crippen LogP contribution in [0.15, 0.2) is 24.3 Å². The van der Waals surface area contributed by atoms with Gasteiger partial charge in [-0.15, -0.1) is 5.10 Å². The van der Waals surface area contributed by atoms with E-state index in [4.69, 9.17) is 0 Å². The minimum absolute atomic E-state index is 0.153. The summed E-state index contributed by atoms with van der Waals surface area (Å²) in [5.41, 5.74) is 2.62. The standard InChI is InChI=1S/C20H26N4OS/c1-3-14-8-10-15(11-9-14)17(23-12-6-5-7-13-23)18-19(25)24-20(26-18)21-16(4-2)22-24/h8-11,17,25H,3-7,12-13H2,1-2H3/p+1/t17-/m1/s1. The van der Waals surface area contributed by atoms with Gasteiger partial charge < -0.3 is 10.0 Å². The van der Waals surface area contributed by atoms with E-state index in [0.29, 0.717) is 0 Å². The number of hydrogen-bond acceptors (Lipinski definition) is 4. The van der Waals surface area contributed by atoms with Crippen molar-refractivity contribution in [1.82, 2.24) is 14.6 Å². The average Bonchev–Trinajstić information content (AvgIpc) is 3.23. The molecule has 1 atom stereocenters. The number of benzene rings is 1. The van der Waals surface area contributed by atoms with E-state index in [1.54, 1.807) is 15.9 Å². The number of nitrogens with zero attached hydrogens (tertiary/aromatic N) is 3. The normalized spacial score (nSPS) is 17.0. The molecule has 0 aliphatic carbocycles. The fraction of sp³-hybridized carbons (Fsp3) is 0.500. The molecule has 2 aromatic heterocycles. The Kier molecular flexibility index (Phi) is 4.96. The first kappa shape index (κ1) is 17.5. The molecule has 5 nitrogen and oxygen atoms in total. The molecule has 1 aliphatic rings. The summed E-state index contributed by atoms with van der Waals surface area (Å²) in [6.07, 6.45) is 5.64. The van der Waals surface area contributed by atoms with Crippen molar-refractivity contribution in [3.05, 3.63) is 46.1 Å². The molecule has 0 bridgehead atoms. The topological polar surface area (TPSA) is 54.9 Å². The van der Waals surface area contributed by atoms with E-state index in [-0.39, 0.29) is 11.9 Å². The van der Waals surface area contributed by atoms with Crippen LogP contribution in [0, 0.1) is 0 Å². The third-order valence-corrected chi connectivity index (χ3v) is 6.53. The van der Waals surface area contributed by atoms with Crippen molar-refractivity contribution >= 4 is 16.3 Å². The molecular formula is C20H27N4OS+. The zero-order chi connectivity index (χ0) is 18.1. The maximum Gasteiger partial charge on any atom is 0.235 e. The van der Waals surface area contributed by atoms with E-state index in [9.17, 15) is 5.11 Å². The SMILES string of the molecule is CCc1ccc([C@H](c2sc3nc(CC)nn3c2O)[NH+]2CCCCC2)cc1. The second-order valence-electron chi connectivity index (χ2n) is 7.11. The lowest BCUT2D eigenvalue weighted by atomic mass is 9.99. The van der Waals surface area contributed by atoms with Gasteiger partial charge in [-0.1, -0.05) is 49.4 Å². The van der Waals surface area contributed by atoms with Gasteiger partial charge in [0, 0.05) is 12.0 Å². The van der Waals surface area contributed by atoms with Gasteiger partial charge >= 0.3 is 0 Å². The van der Waals surface area contributed by atoms with Crippen LogP contribution < -0.4 is 4.90 Å². The first-order valence-electron chi connectivity index (χ1n) is 9.72. The van der Waals surface area contributed by atoms with Crippen LogP contribution >= 0.6 is 11.3 Å². The van der Waals surface area contributed by atoms with Crippen molar-refractivity contribution in [3.63, 3.8) is 0 Å². The Morgan fingerprint density at radius 1 is 1.12 bits per heavy atom. The molecule has 0 amide bonds. The molecular weight excluding hydrogens is 344 g/mol. The van der Waals surface area contributed by atoms with Crippen molar-refractivity contribution in [2.75, 3.05) is 13.1 Å². The van der Waals surface area contributed by atoms with Crippen molar-refractivity contribution in [1.29, 1.82) is 0 Å². The van der Waals surface area contributed by atoms with Gasteiger partial charge in [-0.05, 0) is 31.2 Å². The molecule has 138 valence electrons. The van der Waals surface area contributed by atoms with Crippen LogP contribution in [-0.2, 0) is 12.8 Å². The molecule has 2 N–H and O–H groups in total. The van der Waals surface area contributed by atoms with E-state index in [1.165, 1.54) is 35.3 Å². The number of nitrogens with one attached hydrogen (secondary N) is 1. The summed E-state index contributed by atoms with van der Waals surface area (Å²) in [5, 5.41) is 15.4. The Morgan fingerprint density at radius 3 is 2.46 bits per heavy atom. The van der Waals surface area contributed by atoms with Crippen LogP contribution in [0.4, 0.5) is 0 Å². The Labute approximate surface area is 158 Å². The second-order valence-corrected chi connectivity index (χ2v) is 8.12. The number of likely N-dealkylation sites (tertiary alicyclic amines) is 1. The predicted molar refractivity (Wildman–Crippen MR) is 104 cm³/mol. The molecule has 1 aliphatic heterocycles. The van der Waals surface area contributed by atoms with Gasteiger partial charge in [0.25, 0.3) is 0 Å². The van der Waals surface area contributed by atoms with Gasteiger partial charge in [0.1, 0.15) is 4.88 Å². The first-order chi connectivity index (χ1) is 12.7. The molecule has 3 aromatic rings. The van der Waals surface area contributed by atoms with Crippen LogP contribution in [0.25, 0.3) is 4.96 Å². The van der Waals surface area contributed by atoms with Crippen molar-refractivity contribution in [2.24, 2.45) is 0 Å². The van der Waals surface area contributed by atoms with Crippen LogP contribution in [0.2, 0.25) is 0 Å². The second kappa shape index (κ2) is 7.37. The Bertz CT molecular complexity index is 877. The summed E-state index contributed by atoms with van der Waals surface area (Å²) in [5.74, 6) is 1.05. The third-order valence-electron chi connectivity index (χ3n) is 5.45. The largest absolute Gasteiger partial charge is 0.492 e. The van der Waals surface area contributed by atoms with Crippen LogP contribution in [0.3, 0.4) is 0 Å². The number of fused-ring (bicyclic) bond motifs is 1. The number of piperidine rings is 1. The van der Waals surface area contributed by atoms with Crippen LogP contribution in [0.5, 0.6) is 5.88 Å². The highest BCUT2D eigenvalue weighted by molar-refractivity contribution is 7.17. The molecule has 1 aromatic carbocycles. The van der Waals surface area contributed by atoms with Gasteiger partial charge in [-0.25, -0.2) is 4.98 Å². The zero-order valence-electron chi connectivity index (χ0n) is 15.5. The summed E-state index contributed by atoms with van der Waals surface area (Å²) in [7, 11) is 0. The van der Waals surface area contributed by atoms with E-state index in [1.807, 2.05) is 6.92 Å². The van der Waals surface area contributed by atoms with E-state index in [2.05, 4.69) is 41.3 Å². The Balaban J connectivity index is 1.78. The van der Waals surface area contributed by atoms with Crippen molar-refractivity contribution < 1.29 is 10.0 Å². The molecule has 1 fully saturated rings. The summed E-state index contributed by atoms with van der Waals surface area (Å²) in [6.45, 7) is 6.51. The molecule has 1 saturated heterocycles. The lowest BCUT2D eigenvalue weighted by Crippen LogP contribution is -3.13. The lowest BCUT2D eigenvalue weighted by Gasteiger charge is -2.31. The maximum absolute atomic E-state index is 10.9. The monoisotopic (exact) mass is 371 g/mol. The van der Waals surface area contributed by atoms with Gasteiger partial charge in [-0.2, -0.15) is 4.52 Å². The molecule has 0 saturated carbocycles. The minimum atomic E-state index is 0.153. The van der Waals surface area contributed by atoms with Crippen molar-refractivity contribution in [2.45, 2.75) is 52.0 Å². The predicted octanol–water partition coefficient (Wildman–Crippen LogP) is 2.78. The molecule has 6 heteroatoms. The quantitative estimate of drug-likeness (QED) is 0.725. The Morgan fingerprint density at radius 2 is 1.85 bits per heavy atom. The van der Waals surface area contributed by atoms with Gasteiger partial charge in [0.05, 0.1) is 13.1 Å². The van der Waals surface area contributed by atoms with Crippen LogP contribution in [0.1, 0.15) is 61.0 Å². The summed E-state index contributed by atoms with van der Waals surface area (Å²) >= 11 is 1.59. The highest BCUT2D eigenvalue weighted by Gasteiger charge is 2.33. The highest BCUT2D eigenvalue weighted by atomic mass is 32.1. The smallest absolute Gasteiger partial charge is 0.235 e.